The first-order valence-corrected chi connectivity index (χ1v) is 11.8. The molecule has 2 heterocycles. The summed E-state index contributed by atoms with van der Waals surface area (Å²) < 4.78 is 13.0. The quantitative estimate of drug-likeness (QED) is 0.227. The molecule has 0 saturated carbocycles. The number of fused-ring (bicyclic) bond motifs is 1. The molecule has 0 aliphatic heterocycles. The summed E-state index contributed by atoms with van der Waals surface area (Å²) in [6.45, 7) is 4.21. The summed E-state index contributed by atoms with van der Waals surface area (Å²) in [6.07, 6.45) is 4.81. The summed E-state index contributed by atoms with van der Waals surface area (Å²) in [4.78, 5) is 29.4. The van der Waals surface area contributed by atoms with Crippen LogP contribution in [-0.4, -0.2) is 26.5 Å². The van der Waals surface area contributed by atoms with Crippen LogP contribution in [0, 0.1) is 0 Å². The van der Waals surface area contributed by atoms with E-state index in [0.29, 0.717) is 34.0 Å². The molecule has 8 nitrogen and oxygen atoms in total. The van der Waals surface area contributed by atoms with E-state index < -0.39 is 5.97 Å². The second-order valence-corrected chi connectivity index (χ2v) is 7.59. The lowest BCUT2D eigenvalue weighted by Crippen LogP contribution is -2.13. The summed E-state index contributed by atoms with van der Waals surface area (Å²) in [7, 11) is 0. The van der Waals surface area contributed by atoms with Gasteiger partial charge in [0.25, 0.3) is 5.91 Å². The second kappa shape index (κ2) is 12.1. The topological polar surface area (TPSA) is 94.8 Å². The van der Waals surface area contributed by atoms with Gasteiger partial charge in [0, 0.05) is 12.4 Å². The molecule has 1 amide bonds. The summed E-state index contributed by atoms with van der Waals surface area (Å²) in [5.41, 5.74) is 2.61. The third-order valence-corrected chi connectivity index (χ3v) is 5.17. The van der Waals surface area contributed by atoms with Crippen molar-refractivity contribution in [2.75, 3.05) is 5.32 Å². The van der Waals surface area contributed by atoms with Gasteiger partial charge in [0.1, 0.15) is 23.7 Å². The van der Waals surface area contributed by atoms with Crippen molar-refractivity contribution in [3.05, 3.63) is 120 Å². The number of benzene rings is 3. The van der Waals surface area contributed by atoms with Gasteiger partial charge in [0.05, 0.1) is 17.4 Å². The Balaban J connectivity index is 0.00000156. The third-order valence-electron chi connectivity index (χ3n) is 5.17. The zero-order chi connectivity index (χ0) is 26.0. The van der Waals surface area contributed by atoms with Gasteiger partial charge in [-0.2, -0.15) is 5.10 Å². The molecule has 5 aromatic rings. The average Bonchev–Trinajstić information content (AvgIpc) is 3.39. The minimum absolute atomic E-state index is 0.210. The molecule has 2 aromatic heterocycles. The number of nitrogens with zero attached hydrogens (tertiary/aromatic N) is 3. The number of ether oxygens (including phenoxy) is 2. The van der Waals surface area contributed by atoms with Crippen molar-refractivity contribution in [2.24, 2.45) is 0 Å². The first-order valence-electron chi connectivity index (χ1n) is 11.8. The highest BCUT2D eigenvalue weighted by molar-refractivity contribution is 6.08. The van der Waals surface area contributed by atoms with Crippen molar-refractivity contribution in [2.45, 2.75) is 20.5 Å². The SMILES string of the molecule is CC.O=C(Oc1cccc(COc2ccccc2NC(=O)c2cnn3cccnc23)c1)c1ccccc1. The predicted octanol–water partition coefficient (Wildman–Crippen LogP) is 5.81. The maximum absolute atomic E-state index is 12.9. The Kier molecular flexibility index (Phi) is 8.23. The number of nitrogens with one attached hydrogen (secondary N) is 1. The number of rotatable bonds is 7. The Hall–Kier alpha value is -4.98. The van der Waals surface area contributed by atoms with Crippen LogP contribution in [0.1, 0.15) is 40.1 Å². The fourth-order valence-corrected chi connectivity index (χ4v) is 3.47. The summed E-state index contributed by atoms with van der Waals surface area (Å²) >= 11 is 0. The Labute approximate surface area is 214 Å². The number of anilines is 1. The van der Waals surface area contributed by atoms with Gasteiger partial charge in [-0.05, 0) is 48.0 Å². The van der Waals surface area contributed by atoms with Crippen LogP contribution in [0.2, 0.25) is 0 Å². The minimum atomic E-state index is -0.432. The van der Waals surface area contributed by atoms with Crippen LogP contribution in [0.4, 0.5) is 5.69 Å². The fraction of sp³-hybridized carbons (Fsp3) is 0.103. The van der Waals surface area contributed by atoms with Gasteiger partial charge in [-0.15, -0.1) is 0 Å². The molecule has 1 N–H and O–H groups in total. The largest absolute Gasteiger partial charge is 0.487 e. The van der Waals surface area contributed by atoms with Crippen LogP contribution in [0.5, 0.6) is 11.5 Å². The van der Waals surface area contributed by atoms with Crippen molar-refractivity contribution < 1.29 is 19.1 Å². The number of para-hydroxylation sites is 2. The van der Waals surface area contributed by atoms with Gasteiger partial charge in [-0.1, -0.05) is 56.3 Å². The summed E-state index contributed by atoms with van der Waals surface area (Å²) in [5.74, 6) is 0.141. The van der Waals surface area contributed by atoms with Crippen molar-refractivity contribution >= 4 is 23.2 Å². The molecule has 0 aliphatic rings. The molecule has 0 unspecified atom stereocenters. The molecular weight excluding hydrogens is 468 g/mol. The van der Waals surface area contributed by atoms with Crippen LogP contribution >= 0.6 is 0 Å². The molecule has 37 heavy (non-hydrogen) atoms. The van der Waals surface area contributed by atoms with Gasteiger partial charge in [0.15, 0.2) is 5.65 Å². The fourth-order valence-electron chi connectivity index (χ4n) is 3.47. The smallest absolute Gasteiger partial charge is 0.343 e. The Morgan fingerprint density at radius 3 is 2.54 bits per heavy atom. The van der Waals surface area contributed by atoms with Crippen LogP contribution in [0.25, 0.3) is 5.65 Å². The third kappa shape index (κ3) is 6.18. The van der Waals surface area contributed by atoms with E-state index in [1.807, 2.05) is 32.0 Å². The second-order valence-electron chi connectivity index (χ2n) is 7.59. The van der Waals surface area contributed by atoms with Crippen molar-refractivity contribution in [1.82, 2.24) is 14.6 Å². The maximum Gasteiger partial charge on any atom is 0.343 e. The number of amides is 1. The molecule has 0 atom stereocenters. The van der Waals surface area contributed by atoms with Gasteiger partial charge in [0.2, 0.25) is 0 Å². The standard InChI is InChI=1S/C27H20N4O4.C2H6/c32-26(22-17-29-31-15-7-14-28-25(22)31)30-23-12-4-5-13-24(23)34-18-19-8-6-11-21(16-19)35-27(33)20-9-2-1-3-10-20;1-2/h1-17H,18H2,(H,30,32);1-2H3. The lowest BCUT2D eigenvalue weighted by atomic mass is 10.2. The molecule has 3 aromatic carbocycles. The first kappa shape index (κ1) is 25.1. The molecule has 0 spiro atoms. The van der Waals surface area contributed by atoms with Crippen LogP contribution in [0.3, 0.4) is 0 Å². The Bertz CT molecular complexity index is 1500. The van der Waals surface area contributed by atoms with Gasteiger partial charge >= 0.3 is 5.97 Å². The van der Waals surface area contributed by atoms with E-state index >= 15 is 0 Å². The highest BCUT2D eigenvalue weighted by Crippen LogP contribution is 2.26. The number of esters is 1. The van der Waals surface area contributed by atoms with Crippen molar-refractivity contribution in [3.8, 4) is 11.5 Å². The molecule has 186 valence electrons. The zero-order valence-corrected chi connectivity index (χ0v) is 20.5. The molecule has 0 bridgehead atoms. The normalized spacial score (nSPS) is 10.2. The number of aromatic nitrogens is 3. The van der Waals surface area contributed by atoms with E-state index in [1.165, 1.54) is 10.7 Å². The minimum Gasteiger partial charge on any atom is -0.487 e. The Morgan fingerprint density at radius 1 is 0.919 bits per heavy atom. The molecule has 8 heteroatoms. The molecule has 0 saturated heterocycles. The number of carbonyl (C=O) groups excluding carboxylic acids is 2. The number of carbonyl (C=O) groups is 2. The van der Waals surface area contributed by atoms with Crippen LogP contribution < -0.4 is 14.8 Å². The van der Waals surface area contributed by atoms with E-state index in [-0.39, 0.29) is 12.5 Å². The van der Waals surface area contributed by atoms with E-state index in [1.54, 1.807) is 79.1 Å². The lowest BCUT2D eigenvalue weighted by molar-refractivity contribution is 0.0734. The van der Waals surface area contributed by atoms with E-state index in [0.717, 1.165) is 5.56 Å². The summed E-state index contributed by atoms with van der Waals surface area (Å²) in [6, 6.07) is 24.8. The lowest BCUT2D eigenvalue weighted by Gasteiger charge is -2.13. The predicted molar refractivity (Wildman–Crippen MR) is 141 cm³/mol. The first-order chi connectivity index (χ1) is 18.2. The molecule has 0 fully saturated rings. The van der Waals surface area contributed by atoms with Crippen LogP contribution in [0.15, 0.2) is 104 Å². The highest BCUT2D eigenvalue weighted by atomic mass is 16.5. The van der Waals surface area contributed by atoms with E-state index in [9.17, 15) is 9.59 Å². The molecule has 0 aliphatic carbocycles. The van der Waals surface area contributed by atoms with Crippen molar-refractivity contribution in [1.29, 1.82) is 0 Å². The molecule has 0 radical (unpaired) electrons. The Morgan fingerprint density at radius 2 is 1.70 bits per heavy atom. The van der Waals surface area contributed by atoms with E-state index in [2.05, 4.69) is 15.4 Å². The monoisotopic (exact) mass is 494 g/mol. The average molecular weight is 495 g/mol. The highest BCUT2D eigenvalue weighted by Gasteiger charge is 2.16. The van der Waals surface area contributed by atoms with Gasteiger partial charge in [-0.25, -0.2) is 14.3 Å². The summed E-state index contributed by atoms with van der Waals surface area (Å²) in [5, 5.41) is 7.02. The van der Waals surface area contributed by atoms with Gasteiger partial charge < -0.3 is 14.8 Å². The molecular formula is C29H26N4O4. The van der Waals surface area contributed by atoms with Crippen molar-refractivity contribution in [3.63, 3.8) is 0 Å². The number of hydrogen-bond donors (Lipinski definition) is 1. The zero-order valence-electron chi connectivity index (χ0n) is 20.5. The molecule has 5 rings (SSSR count). The van der Waals surface area contributed by atoms with Gasteiger partial charge in [-0.3, -0.25) is 4.79 Å². The number of hydrogen-bond acceptors (Lipinski definition) is 6. The van der Waals surface area contributed by atoms with E-state index in [4.69, 9.17) is 9.47 Å². The maximum atomic E-state index is 12.9. The van der Waals surface area contributed by atoms with Crippen LogP contribution in [-0.2, 0) is 6.61 Å².